The molecule has 4 aromatic carbocycles. The summed E-state index contributed by atoms with van der Waals surface area (Å²) < 4.78 is 26.0. The van der Waals surface area contributed by atoms with Gasteiger partial charge in [-0.2, -0.15) is 9.97 Å². The normalized spacial score (nSPS) is 10.7. The van der Waals surface area contributed by atoms with Crippen LogP contribution in [0.25, 0.3) is 0 Å². The Bertz CT molecular complexity index is 3440. The number of methoxy groups -OCH3 is 4. The van der Waals surface area contributed by atoms with Gasteiger partial charge in [0.25, 0.3) is 0 Å². The smallest absolute Gasteiger partial charge is 0.355 e. The van der Waals surface area contributed by atoms with Crippen molar-refractivity contribution in [3.63, 3.8) is 0 Å². The Morgan fingerprint density at radius 1 is 0.487 bits per heavy atom. The molecule has 8 aromatic rings. The van der Waals surface area contributed by atoms with Crippen molar-refractivity contribution in [2.24, 2.45) is 5.73 Å². The molecule has 0 unspecified atom stereocenters. The number of thioether (sulfide) groups is 1. The zero-order valence-corrected chi connectivity index (χ0v) is 44.9. The van der Waals surface area contributed by atoms with E-state index in [2.05, 4.69) is 25.3 Å². The van der Waals surface area contributed by atoms with E-state index in [1.54, 1.807) is 71.1 Å². The molecule has 0 atom stereocenters. The predicted molar refractivity (Wildman–Crippen MR) is 297 cm³/mol. The Labute approximate surface area is 444 Å². The van der Waals surface area contributed by atoms with Gasteiger partial charge in [-0.25, -0.2) is 38.3 Å². The number of nitrogens with one attached hydrogen (secondary N) is 1. The first-order valence-corrected chi connectivity index (χ1v) is 25.1. The van der Waals surface area contributed by atoms with Crippen molar-refractivity contribution >= 4 is 29.3 Å². The number of nitrogens with two attached hydrogens (primary N) is 3. The largest absolute Gasteiger partial charge is 0.497 e. The van der Waals surface area contributed by atoms with Crippen molar-refractivity contribution in [2.45, 2.75) is 72.1 Å². The minimum atomic E-state index is -0.652. The molecule has 0 aliphatic carbocycles. The maximum absolute atomic E-state index is 13.6. The lowest BCUT2D eigenvalue weighted by Crippen LogP contribution is -2.43. The summed E-state index contributed by atoms with van der Waals surface area (Å²) in [5.41, 5.74) is 24.1. The summed E-state index contributed by atoms with van der Waals surface area (Å²) in [7, 11) is 6.36. The Hall–Kier alpha value is -8.69. The highest BCUT2D eigenvalue weighted by atomic mass is 32.2. The third kappa shape index (κ3) is 14.5. The molecule has 20 nitrogen and oxygen atoms in total. The van der Waals surface area contributed by atoms with Crippen LogP contribution in [0, 0.1) is 27.7 Å². The van der Waals surface area contributed by atoms with E-state index in [9.17, 15) is 19.2 Å². The Balaban J connectivity index is 0.000000211. The summed E-state index contributed by atoms with van der Waals surface area (Å²) in [4.78, 5) is 68.8. The van der Waals surface area contributed by atoms with Gasteiger partial charge in [0.15, 0.2) is 5.16 Å². The molecule has 0 fully saturated rings. The van der Waals surface area contributed by atoms with Crippen LogP contribution in [0.1, 0.15) is 55.9 Å². The van der Waals surface area contributed by atoms with Gasteiger partial charge < -0.3 is 41.5 Å². The average molecular weight is 1050 g/mol. The average Bonchev–Trinajstić information content (AvgIpc) is 3.41. The summed E-state index contributed by atoms with van der Waals surface area (Å²) in [5, 5.41) is 3.52. The number of hydrogen-bond acceptors (Lipinski definition) is 17. The number of nitrogen functional groups attached to an aromatic ring is 2. The summed E-state index contributed by atoms with van der Waals surface area (Å²) in [6, 6.07) is 33.1. The zero-order chi connectivity index (χ0) is 55.1. The second-order valence-corrected chi connectivity index (χ2v) is 18.1. The van der Waals surface area contributed by atoms with Gasteiger partial charge in [-0.1, -0.05) is 60.3 Å². The molecule has 0 aliphatic rings. The molecule has 0 aliphatic heterocycles. The van der Waals surface area contributed by atoms with Gasteiger partial charge in [0.05, 0.1) is 54.6 Å². The van der Waals surface area contributed by atoms with E-state index in [0.717, 1.165) is 70.8 Å². The summed E-state index contributed by atoms with van der Waals surface area (Å²) in [6.07, 6.45) is 1.79. The van der Waals surface area contributed by atoms with Crippen LogP contribution in [0.4, 0.5) is 17.6 Å². The van der Waals surface area contributed by atoms with E-state index in [-0.39, 0.29) is 32.1 Å². The van der Waals surface area contributed by atoms with Crippen molar-refractivity contribution in [1.29, 1.82) is 0 Å². The van der Waals surface area contributed by atoms with E-state index >= 15 is 0 Å². The van der Waals surface area contributed by atoms with Crippen molar-refractivity contribution in [1.82, 2.24) is 38.2 Å². The third-order valence-corrected chi connectivity index (χ3v) is 12.8. The Kier molecular flexibility index (Phi) is 19.7. The zero-order valence-electron chi connectivity index (χ0n) is 44.1. The van der Waals surface area contributed by atoms with Crippen LogP contribution in [0.5, 0.6) is 23.0 Å². The fourth-order valence-electron chi connectivity index (χ4n) is 7.98. The molecule has 8 rings (SSSR count). The minimum Gasteiger partial charge on any atom is -0.497 e. The monoisotopic (exact) mass is 1050 g/mol. The highest BCUT2D eigenvalue weighted by Crippen LogP contribution is 2.20. The number of nitrogens with zero attached hydrogens (tertiary/aromatic N) is 8. The van der Waals surface area contributed by atoms with Crippen LogP contribution >= 0.6 is 11.8 Å². The summed E-state index contributed by atoms with van der Waals surface area (Å²) in [6.45, 7) is 9.17. The van der Waals surface area contributed by atoms with Crippen molar-refractivity contribution in [3.05, 3.63) is 207 Å². The predicted octanol–water partition coefficient (Wildman–Crippen LogP) is 5.70. The number of ether oxygens (including phenoxy) is 4. The number of pyridine rings is 2. The number of aromatic nitrogens is 8. The summed E-state index contributed by atoms with van der Waals surface area (Å²) >= 11 is 1.27. The van der Waals surface area contributed by atoms with Gasteiger partial charge in [0, 0.05) is 35.6 Å². The minimum absolute atomic E-state index is 0.0749. The Morgan fingerprint density at radius 3 is 1.18 bits per heavy atom. The molecule has 0 radical (unpaired) electrons. The lowest BCUT2D eigenvalue weighted by Gasteiger charge is -2.17. The highest BCUT2D eigenvalue weighted by molar-refractivity contribution is 7.98. The van der Waals surface area contributed by atoms with Gasteiger partial charge in [0.1, 0.15) is 34.6 Å². The molecule has 4 heterocycles. The molecular formula is C55H64N12O8S. The number of hydrogen-bond donors (Lipinski definition) is 4. The van der Waals surface area contributed by atoms with Gasteiger partial charge in [0.2, 0.25) is 5.95 Å². The molecule has 0 amide bonds. The quantitative estimate of drug-likeness (QED) is 0.0796. The van der Waals surface area contributed by atoms with E-state index in [1.165, 1.54) is 20.9 Å². The first-order valence-electron chi connectivity index (χ1n) is 23.9. The summed E-state index contributed by atoms with van der Waals surface area (Å²) in [5.74, 6) is 3.94. The number of benzene rings is 4. The molecule has 0 bridgehead atoms. The molecular weight excluding hydrogens is 989 g/mol. The SMILES string of the molecule is COc1ccc(Cn2c(NCc3c(C)cc(C)nc3N)nc(=O)n(Cc3ccc(OC)cc3)c2=O)cc1.COc1ccc(Cn2c(SC)nc(=O)n(Cc3ccc(OC)cc3)c2=O)cc1.Cc1cc(C)c(CN)c(N)n1. The topological polar surface area (TPSA) is 267 Å². The fourth-order valence-corrected chi connectivity index (χ4v) is 8.51. The van der Waals surface area contributed by atoms with Crippen LogP contribution in [-0.2, 0) is 39.3 Å². The molecule has 7 N–H and O–H groups in total. The van der Waals surface area contributed by atoms with Gasteiger partial charge in [-0.05, 0) is 128 Å². The molecule has 21 heteroatoms. The lowest BCUT2D eigenvalue weighted by molar-refractivity contribution is 0.414. The first kappa shape index (κ1) is 56.6. The molecule has 76 heavy (non-hydrogen) atoms. The van der Waals surface area contributed by atoms with Crippen molar-refractivity contribution in [2.75, 3.05) is 51.5 Å². The van der Waals surface area contributed by atoms with Crippen molar-refractivity contribution in [3.8, 4) is 23.0 Å². The fraction of sp³-hybridized carbons (Fsp3) is 0.273. The molecule has 0 saturated heterocycles. The van der Waals surface area contributed by atoms with Crippen molar-refractivity contribution < 1.29 is 18.9 Å². The molecule has 398 valence electrons. The van der Waals surface area contributed by atoms with Crippen LogP contribution in [-0.4, -0.2) is 72.9 Å². The van der Waals surface area contributed by atoms with Crippen LogP contribution in [0.3, 0.4) is 0 Å². The number of aryl methyl sites for hydroxylation is 4. The third-order valence-electron chi connectivity index (χ3n) is 12.1. The molecule has 0 spiro atoms. The maximum Gasteiger partial charge on any atom is 0.355 e. The standard InChI is InChI=1S/C27H30N6O4.C20H21N3O4S.C8H13N3/c1-17-13-18(2)30-24(28)23(17)14-29-25-31-26(34)33(16-20-7-11-22(37-4)12-8-20)27(35)32(25)15-19-5-9-21(36-3)10-6-19;1-26-16-8-4-14(5-9-16)12-22-18(24)21-19(28-3)23(20(22)25)13-15-6-10-17(27-2)11-7-15;1-5-3-6(2)11-8(10)7(5)4-9/h5-13H,14-16H2,1-4H3,(H2,28,30)(H,29,31,34);4-11H,12-13H2,1-3H3;3H,4,9H2,1-2H3,(H2,10,11). The van der Waals surface area contributed by atoms with E-state index in [4.69, 9.17) is 36.1 Å². The number of anilines is 3. The molecule has 4 aromatic heterocycles. The molecule has 0 saturated carbocycles. The van der Waals surface area contributed by atoms with Crippen LogP contribution in [0.15, 0.2) is 134 Å². The van der Waals surface area contributed by atoms with Gasteiger partial charge >= 0.3 is 22.8 Å². The van der Waals surface area contributed by atoms with E-state index in [0.29, 0.717) is 47.1 Å². The van der Waals surface area contributed by atoms with Gasteiger partial charge in [-0.15, -0.1) is 0 Å². The first-order chi connectivity index (χ1) is 36.5. The van der Waals surface area contributed by atoms with Crippen LogP contribution < -0.4 is 64.2 Å². The lowest BCUT2D eigenvalue weighted by atomic mass is 10.1. The van der Waals surface area contributed by atoms with Gasteiger partial charge in [-0.3, -0.25) is 9.13 Å². The van der Waals surface area contributed by atoms with E-state index < -0.39 is 22.8 Å². The Morgan fingerprint density at radius 2 is 0.829 bits per heavy atom. The van der Waals surface area contributed by atoms with Crippen LogP contribution in [0.2, 0.25) is 0 Å². The van der Waals surface area contributed by atoms with E-state index in [1.807, 2.05) is 100 Å². The second kappa shape index (κ2) is 26.5. The second-order valence-electron chi connectivity index (χ2n) is 17.3. The maximum atomic E-state index is 13.6. The highest BCUT2D eigenvalue weighted by Gasteiger charge is 2.17. The number of rotatable bonds is 17.